The molecule has 1 aromatic heterocycles. The second kappa shape index (κ2) is 6.75. The maximum Gasteiger partial charge on any atom is 0.262 e. The normalized spacial score (nSPS) is 10.5. The molecular formula is C17H12BrFN2O2. The van der Waals surface area contributed by atoms with Crippen LogP contribution in [0, 0.1) is 5.82 Å². The molecule has 3 rings (SSSR count). The van der Waals surface area contributed by atoms with Crippen molar-refractivity contribution in [3.05, 3.63) is 65.0 Å². The van der Waals surface area contributed by atoms with Crippen molar-refractivity contribution < 1.29 is 13.9 Å². The van der Waals surface area contributed by atoms with Crippen LogP contribution in [0.1, 0.15) is 0 Å². The van der Waals surface area contributed by atoms with Crippen molar-refractivity contribution >= 4 is 38.4 Å². The SMILES string of the molecule is O=C(COc1ccc(F)cc1Br)Nc1cccc2cccnc12. The van der Waals surface area contributed by atoms with E-state index in [0.29, 0.717) is 21.4 Å². The van der Waals surface area contributed by atoms with Crippen molar-refractivity contribution in [1.29, 1.82) is 0 Å². The number of fused-ring (bicyclic) bond motifs is 1. The molecule has 3 aromatic rings. The van der Waals surface area contributed by atoms with Gasteiger partial charge in [-0.25, -0.2) is 4.39 Å². The van der Waals surface area contributed by atoms with Gasteiger partial charge in [0.2, 0.25) is 0 Å². The van der Waals surface area contributed by atoms with Crippen LogP contribution in [0.2, 0.25) is 0 Å². The summed E-state index contributed by atoms with van der Waals surface area (Å²) in [6.45, 7) is -0.187. The lowest BCUT2D eigenvalue weighted by Gasteiger charge is -2.10. The number of hydrogen-bond donors (Lipinski definition) is 1. The molecule has 1 heterocycles. The molecule has 0 aliphatic carbocycles. The zero-order valence-electron chi connectivity index (χ0n) is 11.9. The highest BCUT2D eigenvalue weighted by atomic mass is 79.9. The number of halogens is 2. The van der Waals surface area contributed by atoms with Gasteiger partial charge in [-0.2, -0.15) is 0 Å². The molecule has 116 valence electrons. The second-order valence-corrected chi connectivity index (χ2v) is 5.65. The molecule has 6 heteroatoms. The Bertz CT molecular complexity index is 865. The average Bonchev–Trinajstić information content (AvgIpc) is 2.54. The Morgan fingerprint density at radius 2 is 2.04 bits per heavy atom. The van der Waals surface area contributed by atoms with E-state index >= 15 is 0 Å². The molecule has 0 unspecified atom stereocenters. The highest BCUT2D eigenvalue weighted by molar-refractivity contribution is 9.10. The number of nitrogens with zero attached hydrogens (tertiary/aromatic N) is 1. The first kappa shape index (κ1) is 15.4. The Balaban J connectivity index is 1.69. The molecule has 0 atom stereocenters. The number of anilines is 1. The Morgan fingerprint density at radius 3 is 2.87 bits per heavy atom. The molecule has 0 spiro atoms. The van der Waals surface area contributed by atoms with E-state index in [9.17, 15) is 9.18 Å². The van der Waals surface area contributed by atoms with Gasteiger partial charge in [-0.15, -0.1) is 0 Å². The van der Waals surface area contributed by atoms with E-state index < -0.39 is 0 Å². The van der Waals surface area contributed by atoms with Gasteiger partial charge in [0.1, 0.15) is 11.6 Å². The van der Waals surface area contributed by atoms with Crippen LogP contribution in [0.15, 0.2) is 59.2 Å². The second-order valence-electron chi connectivity index (χ2n) is 4.79. The summed E-state index contributed by atoms with van der Waals surface area (Å²) in [5.74, 6) is -0.299. The van der Waals surface area contributed by atoms with Gasteiger partial charge < -0.3 is 10.1 Å². The van der Waals surface area contributed by atoms with Gasteiger partial charge in [-0.05, 0) is 46.3 Å². The van der Waals surface area contributed by atoms with Crippen molar-refractivity contribution in [3.8, 4) is 5.75 Å². The third-order valence-corrected chi connectivity index (χ3v) is 3.78. The molecule has 1 amide bonds. The summed E-state index contributed by atoms with van der Waals surface area (Å²) >= 11 is 3.19. The van der Waals surface area contributed by atoms with Crippen molar-refractivity contribution in [2.45, 2.75) is 0 Å². The van der Waals surface area contributed by atoms with Crippen LogP contribution in [0.5, 0.6) is 5.75 Å². The molecule has 0 radical (unpaired) electrons. The van der Waals surface area contributed by atoms with Crippen LogP contribution in [0.4, 0.5) is 10.1 Å². The number of hydrogen-bond acceptors (Lipinski definition) is 3. The summed E-state index contributed by atoms with van der Waals surface area (Å²) in [4.78, 5) is 16.3. The van der Waals surface area contributed by atoms with Gasteiger partial charge in [0, 0.05) is 11.6 Å². The average molecular weight is 375 g/mol. The Morgan fingerprint density at radius 1 is 1.22 bits per heavy atom. The lowest BCUT2D eigenvalue weighted by molar-refractivity contribution is -0.118. The van der Waals surface area contributed by atoms with E-state index in [1.807, 2.05) is 24.3 Å². The molecule has 0 fully saturated rings. The largest absolute Gasteiger partial charge is 0.483 e. The number of pyridine rings is 1. The van der Waals surface area contributed by atoms with Gasteiger partial charge in [0.15, 0.2) is 6.61 Å². The van der Waals surface area contributed by atoms with Crippen LogP contribution in [0.25, 0.3) is 10.9 Å². The van der Waals surface area contributed by atoms with E-state index in [0.717, 1.165) is 5.39 Å². The summed E-state index contributed by atoms with van der Waals surface area (Å²) in [5, 5.41) is 3.71. The van der Waals surface area contributed by atoms with Crippen molar-refractivity contribution in [2.24, 2.45) is 0 Å². The van der Waals surface area contributed by atoms with Crippen LogP contribution in [0.3, 0.4) is 0 Å². The number of rotatable bonds is 4. The quantitative estimate of drug-likeness (QED) is 0.745. The summed E-state index contributed by atoms with van der Waals surface area (Å²) in [7, 11) is 0. The summed E-state index contributed by atoms with van der Waals surface area (Å²) in [6, 6.07) is 13.3. The van der Waals surface area contributed by atoms with Crippen molar-refractivity contribution in [3.63, 3.8) is 0 Å². The third-order valence-electron chi connectivity index (χ3n) is 3.16. The van der Waals surface area contributed by atoms with Crippen molar-refractivity contribution in [2.75, 3.05) is 11.9 Å². The Labute approximate surface area is 140 Å². The molecule has 1 N–H and O–H groups in total. The van der Waals surface area contributed by atoms with Gasteiger partial charge >= 0.3 is 0 Å². The predicted molar refractivity (Wildman–Crippen MR) is 90.0 cm³/mol. The molecule has 23 heavy (non-hydrogen) atoms. The highest BCUT2D eigenvalue weighted by Gasteiger charge is 2.09. The summed E-state index contributed by atoms with van der Waals surface area (Å²) < 4.78 is 18.9. The highest BCUT2D eigenvalue weighted by Crippen LogP contribution is 2.25. The topological polar surface area (TPSA) is 51.2 Å². The maximum atomic E-state index is 13.0. The molecule has 0 aliphatic heterocycles. The van der Waals surface area contributed by atoms with Gasteiger partial charge in [-0.1, -0.05) is 18.2 Å². The first-order valence-corrected chi connectivity index (χ1v) is 7.64. The number of nitrogens with one attached hydrogen (secondary N) is 1. The number of amides is 1. The number of aromatic nitrogens is 1. The van der Waals surface area contributed by atoms with Crippen molar-refractivity contribution in [1.82, 2.24) is 4.98 Å². The van der Waals surface area contributed by atoms with Gasteiger partial charge in [0.25, 0.3) is 5.91 Å². The molecule has 0 saturated heterocycles. The van der Waals surface area contributed by atoms with Crippen LogP contribution >= 0.6 is 15.9 Å². The number of carbonyl (C=O) groups excluding carboxylic acids is 1. The summed E-state index contributed by atoms with van der Waals surface area (Å²) in [5.41, 5.74) is 1.33. The minimum Gasteiger partial charge on any atom is -0.483 e. The number of benzene rings is 2. The molecule has 0 saturated carbocycles. The van der Waals surface area contributed by atoms with Crippen LogP contribution < -0.4 is 10.1 Å². The van der Waals surface area contributed by atoms with E-state index in [-0.39, 0.29) is 18.3 Å². The molecule has 0 bridgehead atoms. The van der Waals surface area contributed by atoms with Crippen LogP contribution in [-0.4, -0.2) is 17.5 Å². The van der Waals surface area contributed by atoms with Crippen LogP contribution in [-0.2, 0) is 4.79 Å². The Kier molecular flexibility index (Phi) is 4.52. The molecule has 2 aromatic carbocycles. The lowest BCUT2D eigenvalue weighted by atomic mass is 10.2. The summed E-state index contributed by atoms with van der Waals surface area (Å²) in [6.07, 6.45) is 1.67. The monoisotopic (exact) mass is 374 g/mol. The minimum atomic E-state index is -0.379. The zero-order chi connectivity index (χ0) is 16.2. The molecular weight excluding hydrogens is 363 g/mol. The standard InChI is InChI=1S/C17H12BrFN2O2/c18-13-9-12(19)6-7-15(13)23-10-16(22)21-14-5-1-3-11-4-2-8-20-17(11)14/h1-9H,10H2,(H,21,22). The molecule has 4 nitrogen and oxygen atoms in total. The number of para-hydroxylation sites is 1. The first-order chi connectivity index (χ1) is 11.1. The van der Waals surface area contributed by atoms with E-state index in [1.165, 1.54) is 18.2 Å². The fraction of sp³-hybridized carbons (Fsp3) is 0.0588. The van der Waals surface area contributed by atoms with E-state index in [2.05, 4.69) is 26.2 Å². The first-order valence-electron chi connectivity index (χ1n) is 6.85. The fourth-order valence-electron chi connectivity index (χ4n) is 2.13. The van der Waals surface area contributed by atoms with E-state index in [1.54, 1.807) is 12.3 Å². The van der Waals surface area contributed by atoms with Gasteiger partial charge in [0.05, 0.1) is 15.7 Å². The maximum absolute atomic E-state index is 13.0. The molecule has 0 aliphatic rings. The number of carbonyl (C=O) groups is 1. The lowest BCUT2D eigenvalue weighted by Crippen LogP contribution is -2.20. The zero-order valence-corrected chi connectivity index (χ0v) is 13.5. The third kappa shape index (κ3) is 3.65. The Hall–Kier alpha value is -2.47. The van der Waals surface area contributed by atoms with Gasteiger partial charge in [-0.3, -0.25) is 9.78 Å². The van der Waals surface area contributed by atoms with E-state index in [4.69, 9.17) is 4.74 Å². The smallest absolute Gasteiger partial charge is 0.262 e. The number of ether oxygens (including phenoxy) is 1. The fourth-order valence-corrected chi connectivity index (χ4v) is 2.59. The predicted octanol–water partition coefficient (Wildman–Crippen LogP) is 4.15. The minimum absolute atomic E-state index is 0.187.